The highest BCUT2D eigenvalue weighted by Gasteiger charge is 2.30. The molecule has 0 unspecified atom stereocenters. The largest absolute Gasteiger partial charge is 0.326 e. The van der Waals surface area contributed by atoms with Crippen molar-refractivity contribution in [1.29, 1.82) is 0 Å². The van der Waals surface area contributed by atoms with Crippen LogP contribution in [0.4, 0.5) is 0 Å². The van der Waals surface area contributed by atoms with Crippen LogP contribution in [0.25, 0.3) is 0 Å². The maximum Gasteiger partial charge on any atom is 0.131 e. The van der Waals surface area contributed by atoms with Crippen molar-refractivity contribution in [1.82, 2.24) is 9.78 Å². The topological polar surface area (TPSA) is 43.8 Å². The molecule has 4 heteroatoms. The lowest BCUT2D eigenvalue weighted by atomic mass is 10.2. The van der Waals surface area contributed by atoms with Crippen LogP contribution in [0.15, 0.2) is 0 Å². The van der Waals surface area contributed by atoms with Gasteiger partial charge < -0.3 is 5.73 Å². The quantitative estimate of drug-likeness (QED) is 0.757. The second kappa shape index (κ2) is 2.75. The molecule has 2 rings (SSSR count). The molecule has 0 amide bonds. The van der Waals surface area contributed by atoms with E-state index >= 15 is 0 Å². The first-order valence-corrected chi connectivity index (χ1v) is 4.53. The van der Waals surface area contributed by atoms with Crippen molar-refractivity contribution in [3.8, 4) is 0 Å². The van der Waals surface area contributed by atoms with Gasteiger partial charge in [0, 0.05) is 25.1 Å². The third-order valence-electron chi connectivity index (χ3n) is 2.27. The first kappa shape index (κ1) is 8.08. The molecular weight excluding hydrogens is 174 g/mol. The highest BCUT2D eigenvalue weighted by atomic mass is 35.5. The van der Waals surface area contributed by atoms with Crippen LogP contribution in [0.2, 0.25) is 5.15 Å². The average molecular weight is 186 g/mol. The number of hydrogen-bond acceptors (Lipinski definition) is 2. The minimum Gasteiger partial charge on any atom is -0.326 e. The van der Waals surface area contributed by atoms with E-state index in [9.17, 15) is 0 Å². The molecule has 3 nitrogen and oxygen atoms in total. The third-order valence-corrected chi connectivity index (χ3v) is 2.74. The molecule has 0 aliphatic heterocycles. The Kier molecular flexibility index (Phi) is 1.85. The van der Waals surface area contributed by atoms with Crippen LogP contribution >= 0.6 is 11.6 Å². The summed E-state index contributed by atoms with van der Waals surface area (Å²) >= 11 is 6.01. The van der Waals surface area contributed by atoms with E-state index in [0.717, 1.165) is 11.3 Å². The number of aryl methyl sites for hydroxylation is 1. The Balaban J connectivity index is 2.44. The van der Waals surface area contributed by atoms with Gasteiger partial charge in [-0.3, -0.25) is 4.68 Å². The molecular formula is C8H12ClN3. The maximum atomic E-state index is 6.01. The highest BCUT2D eigenvalue weighted by molar-refractivity contribution is 6.30. The Morgan fingerprint density at radius 3 is 2.83 bits per heavy atom. The molecule has 0 atom stereocenters. The zero-order valence-electron chi connectivity index (χ0n) is 7.05. The van der Waals surface area contributed by atoms with E-state index in [1.54, 1.807) is 4.68 Å². The predicted molar refractivity (Wildman–Crippen MR) is 48.1 cm³/mol. The van der Waals surface area contributed by atoms with Crippen molar-refractivity contribution in [3.63, 3.8) is 0 Å². The molecule has 1 fully saturated rings. The number of halogens is 1. The molecule has 66 valence electrons. The van der Waals surface area contributed by atoms with Gasteiger partial charge in [-0.2, -0.15) is 5.10 Å². The van der Waals surface area contributed by atoms with Crippen molar-refractivity contribution in [2.75, 3.05) is 0 Å². The Morgan fingerprint density at radius 2 is 2.33 bits per heavy atom. The van der Waals surface area contributed by atoms with Crippen LogP contribution in [-0.4, -0.2) is 9.78 Å². The smallest absolute Gasteiger partial charge is 0.131 e. The zero-order valence-corrected chi connectivity index (χ0v) is 7.80. The molecule has 12 heavy (non-hydrogen) atoms. The van der Waals surface area contributed by atoms with Gasteiger partial charge in [-0.25, -0.2) is 0 Å². The lowest BCUT2D eigenvalue weighted by Crippen LogP contribution is -1.98. The molecule has 2 N–H and O–H groups in total. The molecule has 0 saturated heterocycles. The lowest BCUT2D eigenvalue weighted by molar-refractivity contribution is 0.744. The van der Waals surface area contributed by atoms with E-state index in [2.05, 4.69) is 5.10 Å². The van der Waals surface area contributed by atoms with Crippen molar-refractivity contribution < 1.29 is 0 Å². The second-order valence-corrected chi connectivity index (χ2v) is 3.61. The standard InChI is InChI=1S/C8H12ClN3/c1-12-8(9)6(4-10)7(11-12)5-2-3-5/h5H,2-4,10H2,1H3. The van der Waals surface area contributed by atoms with Gasteiger partial charge in [-0.05, 0) is 12.8 Å². The summed E-state index contributed by atoms with van der Waals surface area (Å²) in [6.07, 6.45) is 2.47. The van der Waals surface area contributed by atoms with Crippen molar-refractivity contribution in [3.05, 3.63) is 16.4 Å². The number of nitrogens with zero attached hydrogens (tertiary/aromatic N) is 2. The minimum absolute atomic E-state index is 0.499. The molecule has 1 aliphatic rings. The molecule has 1 aromatic rings. The van der Waals surface area contributed by atoms with Crippen LogP contribution in [0.5, 0.6) is 0 Å². The van der Waals surface area contributed by atoms with Crippen LogP contribution in [0, 0.1) is 0 Å². The fourth-order valence-electron chi connectivity index (χ4n) is 1.44. The summed E-state index contributed by atoms with van der Waals surface area (Å²) in [5, 5.41) is 5.04. The van der Waals surface area contributed by atoms with Crippen LogP contribution in [0.3, 0.4) is 0 Å². The summed E-state index contributed by atoms with van der Waals surface area (Å²) in [6, 6.07) is 0. The summed E-state index contributed by atoms with van der Waals surface area (Å²) in [5.41, 5.74) is 7.74. The fourth-order valence-corrected chi connectivity index (χ4v) is 1.65. The second-order valence-electron chi connectivity index (χ2n) is 3.26. The molecule has 1 aromatic heterocycles. The predicted octanol–water partition coefficient (Wildman–Crippen LogP) is 1.41. The molecule has 0 spiro atoms. The van der Waals surface area contributed by atoms with Crippen molar-refractivity contribution >= 4 is 11.6 Å². The average Bonchev–Trinajstić information content (AvgIpc) is 2.82. The van der Waals surface area contributed by atoms with Crippen molar-refractivity contribution in [2.45, 2.75) is 25.3 Å². The maximum absolute atomic E-state index is 6.01. The van der Waals surface area contributed by atoms with Gasteiger partial charge in [0.15, 0.2) is 0 Å². The van der Waals surface area contributed by atoms with Crippen LogP contribution in [-0.2, 0) is 13.6 Å². The summed E-state index contributed by atoms with van der Waals surface area (Å²) in [6.45, 7) is 0.499. The van der Waals surface area contributed by atoms with Gasteiger partial charge >= 0.3 is 0 Å². The third kappa shape index (κ3) is 1.13. The summed E-state index contributed by atoms with van der Waals surface area (Å²) < 4.78 is 1.71. The molecule has 0 radical (unpaired) electrons. The molecule has 1 aliphatic carbocycles. The van der Waals surface area contributed by atoms with E-state index in [4.69, 9.17) is 17.3 Å². The number of rotatable bonds is 2. The fraction of sp³-hybridized carbons (Fsp3) is 0.625. The highest BCUT2D eigenvalue weighted by Crippen LogP contribution is 2.42. The van der Waals surface area contributed by atoms with Gasteiger partial charge in [0.2, 0.25) is 0 Å². The normalized spacial score (nSPS) is 16.9. The Labute approximate surface area is 76.5 Å². The Bertz CT molecular complexity index is 301. The van der Waals surface area contributed by atoms with E-state index in [1.807, 2.05) is 7.05 Å². The van der Waals surface area contributed by atoms with Gasteiger partial charge in [0.05, 0.1) is 5.69 Å². The van der Waals surface area contributed by atoms with Crippen LogP contribution < -0.4 is 5.73 Å². The summed E-state index contributed by atoms with van der Waals surface area (Å²) in [4.78, 5) is 0. The van der Waals surface area contributed by atoms with Gasteiger partial charge in [0.25, 0.3) is 0 Å². The van der Waals surface area contributed by atoms with E-state index in [1.165, 1.54) is 12.8 Å². The van der Waals surface area contributed by atoms with Gasteiger partial charge in [0.1, 0.15) is 5.15 Å². The SMILES string of the molecule is Cn1nc(C2CC2)c(CN)c1Cl. The zero-order chi connectivity index (χ0) is 8.72. The minimum atomic E-state index is 0.499. The lowest BCUT2D eigenvalue weighted by Gasteiger charge is -1.95. The first-order valence-electron chi connectivity index (χ1n) is 4.15. The Morgan fingerprint density at radius 1 is 1.67 bits per heavy atom. The molecule has 0 bridgehead atoms. The van der Waals surface area contributed by atoms with E-state index < -0.39 is 0 Å². The van der Waals surface area contributed by atoms with E-state index in [0.29, 0.717) is 17.6 Å². The summed E-state index contributed by atoms with van der Waals surface area (Å²) in [7, 11) is 1.85. The van der Waals surface area contributed by atoms with Gasteiger partial charge in [-0.1, -0.05) is 11.6 Å². The molecule has 1 saturated carbocycles. The number of aromatic nitrogens is 2. The van der Waals surface area contributed by atoms with Gasteiger partial charge in [-0.15, -0.1) is 0 Å². The summed E-state index contributed by atoms with van der Waals surface area (Å²) in [5.74, 6) is 0.627. The monoisotopic (exact) mass is 185 g/mol. The molecule has 1 heterocycles. The Hall–Kier alpha value is -0.540. The number of nitrogens with two attached hydrogens (primary N) is 1. The molecule has 0 aromatic carbocycles. The number of hydrogen-bond donors (Lipinski definition) is 1. The van der Waals surface area contributed by atoms with E-state index in [-0.39, 0.29) is 0 Å². The van der Waals surface area contributed by atoms with Crippen molar-refractivity contribution in [2.24, 2.45) is 12.8 Å². The first-order chi connectivity index (χ1) is 5.74. The van der Waals surface area contributed by atoms with Crippen LogP contribution in [0.1, 0.15) is 30.0 Å².